The molecule has 0 fully saturated rings. The van der Waals surface area contributed by atoms with Crippen LogP contribution in [-0.4, -0.2) is 34.9 Å². The van der Waals surface area contributed by atoms with Crippen molar-refractivity contribution in [3.63, 3.8) is 0 Å². The summed E-state index contributed by atoms with van der Waals surface area (Å²) >= 11 is 0. The van der Waals surface area contributed by atoms with Crippen LogP contribution in [0.5, 0.6) is 0 Å². The Balaban J connectivity index is -0.000000000833. The Hall–Kier alpha value is 2.04. The van der Waals surface area contributed by atoms with E-state index in [1.807, 2.05) is 0 Å². The van der Waals surface area contributed by atoms with Crippen LogP contribution < -0.4 is 18.9 Å². The predicted octanol–water partition coefficient (Wildman–Crippen LogP) is -5.63. The van der Waals surface area contributed by atoms with Crippen molar-refractivity contribution in [3.05, 3.63) is 0 Å². The van der Waals surface area contributed by atoms with E-state index in [0.717, 1.165) is 10.1 Å². The number of rotatable bonds is 0. The second-order valence-electron chi connectivity index (χ2n) is 0. The van der Waals surface area contributed by atoms with Gasteiger partial charge in [0, 0.05) is 26.9 Å². The van der Waals surface area contributed by atoms with Crippen LogP contribution >= 0.6 is 0 Å². The minimum atomic E-state index is 0. The molecule has 0 heterocycles. The van der Waals surface area contributed by atoms with E-state index in [1.54, 1.807) is 0 Å². The van der Waals surface area contributed by atoms with Crippen LogP contribution in [0.25, 0.3) is 0 Å². The molecular formula is H7AlBLiSiZn. The first-order valence-corrected chi connectivity index (χ1v) is 1.73. The maximum atomic E-state index is 4.64. The molecular weight excluding hydrogens is 138 g/mol. The van der Waals surface area contributed by atoms with Gasteiger partial charge in [0.15, 0.2) is 17.4 Å². The molecule has 0 bridgehead atoms. The van der Waals surface area contributed by atoms with Gasteiger partial charge in [-0.25, -0.2) is 0 Å². The second kappa shape index (κ2) is 36.9. The van der Waals surface area contributed by atoms with Crippen molar-refractivity contribution >= 4 is 34.9 Å². The molecule has 5 heavy (non-hydrogen) atoms. The zero-order chi connectivity index (χ0) is 2.00. The SMILES string of the molecule is [AlH3].[B][SiH3].[H-].[Li+].[Zn]. The minimum Gasteiger partial charge on any atom is -1.00 e. The van der Waals surface area contributed by atoms with Gasteiger partial charge < -0.3 is 1.43 Å². The van der Waals surface area contributed by atoms with E-state index in [-0.39, 0.29) is 57.1 Å². The van der Waals surface area contributed by atoms with Gasteiger partial charge in [0.2, 0.25) is 0 Å². The Bertz CT molecular complexity index is 15.5. The standard InChI is InChI=1S/Al.BH3Si.Li.Zn.4H/c;1-2;;;;;;/h;2H3;;;;;;/q;;+1;;;;;-1. The Morgan fingerprint density at radius 1 is 1.40 bits per heavy atom. The molecule has 0 aromatic carbocycles. The predicted molar refractivity (Wildman–Crippen MR) is 26.7 cm³/mol. The first kappa shape index (κ1) is 27.8. The Kier molecular flexibility index (Phi) is 206. The molecule has 0 aliphatic heterocycles. The summed E-state index contributed by atoms with van der Waals surface area (Å²) in [5.74, 6) is 0. The van der Waals surface area contributed by atoms with Crippen LogP contribution in [0.15, 0.2) is 0 Å². The number of hydrogen-bond donors (Lipinski definition) is 0. The Morgan fingerprint density at radius 2 is 1.40 bits per heavy atom. The fourth-order valence-electron chi connectivity index (χ4n) is 0. The minimum absolute atomic E-state index is 0. The van der Waals surface area contributed by atoms with Gasteiger partial charge >= 0.3 is 18.9 Å². The molecule has 0 aromatic heterocycles. The maximum Gasteiger partial charge on any atom is 1.00 e. The topological polar surface area (TPSA) is 0 Å². The molecule has 0 atom stereocenters. The summed E-state index contributed by atoms with van der Waals surface area (Å²) in [6.45, 7) is 0. The fraction of sp³-hybridized carbons (Fsp3) is 0. The normalized spacial score (nSPS) is 1.60. The summed E-state index contributed by atoms with van der Waals surface area (Å²) in [5, 5.41) is 0. The Labute approximate surface area is 74.2 Å². The number of hydrogen-bond acceptors (Lipinski definition) is 0. The third-order valence-electron chi connectivity index (χ3n) is 0. The van der Waals surface area contributed by atoms with E-state index in [4.69, 9.17) is 0 Å². The smallest absolute Gasteiger partial charge is 1.00 e. The van der Waals surface area contributed by atoms with E-state index in [1.165, 1.54) is 0 Å². The Morgan fingerprint density at radius 3 is 1.40 bits per heavy atom. The molecule has 0 aromatic rings. The van der Waals surface area contributed by atoms with Gasteiger partial charge in [-0.15, -0.1) is 0 Å². The quantitative estimate of drug-likeness (QED) is 0.298. The molecule has 0 spiro atoms. The van der Waals surface area contributed by atoms with Crippen molar-refractivity contribution in [2.75, 3.05) is 0 Å². The van der Waals surface area contributed by atoms with Gasteiger partial charge in [-0.3, -0.25) is 0 Å². The molecule has 2 radical (unpaired) electrons. The average Bonchev–Trinajstić information content (AvgIpc) is 1.00. The summed E-state index contributed by atoms with van der Waals surface area (Å²) in [6, 6.07) is 0. The van der Waals surface area contributed by atoms with Crippen molar-refractivity contribution in [3.8, 4) is 0 Å². The largest absolute Gasteiger partial charge is 1.00 e. The molecule has 0 saturated carbocycles. The van der Waals surface area contributed by atoms with Gasteiger partial charge in [-0.2, -0.15) is 0 Å². The zero-order valence-corrected chi connectivity index (χ0v) is 8.25. The first-order valence-electron chi connectivity index (χ1n) is 0.577. The molecule has 20 valence electrons. The molecule has 0 amide bonds. The van der Waals surface area contributed by atoms with Gasteiger partial charge in [-0.1, -0.05) is 0 Å². The monoisotopic (exact) mass is 144 g/mol. The van der Waals surface area contributed by atoms with Crippen LogP contribution in [0, 0.1) is 0 Å². The molecule has 0 aliphatic carbocycles. The molecule has 0 saturated heterocycles. The zero-order valence-electron chi connectivity index (χ0n) is 4.28. The van der Waals surface area contributed by atoms with E-state index < -0.39 is 0 Å². The van der Waals surface area contributed by atoms with E-state index in [2.05, 4.69) is 7.44 Å². The molecule has 0 nitrogen and oxygen atoms in total. The molecule has 0 rings (SSSR count). The van der Waals surface area contributed by atoms with E-state index in [9.17, 15) is 0 Å². The summed E-state index contributed by atoms with van der Waals surface area (Å²) in [6.07, 6.45) is 0. The average molecular weight is 145 g/mol. The molecule has 0 aliphatic rings. The second-order valence-corrected chi connectivity index (χ2v) is 0. The van der Waals surface area contributed by atoms with Crippen molar-refractivity contribution < 1.29 is 39.8 Å². The molecule has 0 N–H and O–H groups in total. The summed E-state index contributed by atoms with van der Waals surface area (Å²) in [5.41, 5.74) is 0. The third kappa shape index (κ3) is 23.7. The van der Waals surface area contributed by atoms with Gasteiger partial charge in [0.05, 0.1) is 0 Å². The van der Waals surface area contributed by atoms with Crippen molar-refractivity contribution in [2.45, 2.75) is 0 Å². The van der Waals surface area contributed by atoms with Gasteiger partial charge in [0.25, 0.3) is 0 Å². The van der Waals surface area contributed by atoms with Crippen LogP contribution in [-0.2, 0) is 19.5 Å². The van der Waals surface area contributed by atoms with Crippen molar-refractivity contribution in [1.29, 1.82) is 0 Å². The summed E-state index contributed by atoms with van der Waals surface area (Å²) in [4.78, 5) is 0. The van der Waals surface area contributed by atoms with Crippen LogP contribution in [0.3, 0.4) is 0 Å². The maximum absolute atomic E-state index is 4.64. The summed E-state index contributed by atoms with van der Waals surface area (Å²) < 4.78 is 0. The van der Waals surface area contributed by atoms with Gasteiger partial charge in [0.1, 0.15) is 0 Å². The molecule has 5 heteroatoms. The van der Waals surface area contributed by atoms with E-state index >= 15 is 0 Å². The van der Waals surface area contributed by atoms with Crippen LogP contribution in [0.1, 0.15) is 1.43 Å². The van der Waals surface area contributed by atoms with Crippen LogP contribution in [0.4, 0.5) is 0 Å². The van der Waals surface area contributed by atoms with Crippen molar-refractivity contribution in [2.24, 2.45) is 0 Å². The molecule has 0 unspecified atom stereocenters. The third-order valence-corrected chi connectivity index (χ3v) is 0. The first-order chi connectivity index (χ1) is 1.00. The fourth-order valence-corrected chi connectivity index (χ4v) is 0. The van der Waals surface area contributed by atoms with E-state index in [0.29, 0.717) is 0 Å². The summed E-state index contributed by atoms with van der Waals surface area (Å²) in [7, 11) is 5.44. The van der Waals surface area contributed by atoms with Gasteiger partial charge in [-0.05, 0) is 10.1 Å². The van der Waals surface area contributed by atoms with Crippen LogP contribution in [0.2, 0.25) is 0 Å². The van der Waals surface area contributed by atoms with Crippen molar-refractivity contribution in [1.82, 2.24) is 0 Å².